The van der Waals surface area contributed by atoms with E-state index in [1.807, 2.05) is 30.3 Å². The van der Waals surface area contributed by atoms with Gasteiger partial charge in [0, 0.05) is 29.9 Å². The van der Waals surface area contributed by atoms with Crippen LogP contribution in [0.5, 0.6) is 5.75 Å². The van der Waals surface area contributed by atoms with Gasteiger partial charge in [-0.15, -0.1) is 0 Å². The van der Waals surface area contributed by atoms with Gasteiger partial charge in [0.1, 0.15) is 16.9 Å². The summed E-state index contributed by atoms with van der Waals surface area (Å²) in [6.45, 7) is 0.737. The zero-order valence-electron chi connectivity index (χ0n) is 14.9. The molecule has 7 heteroatoms. The number of rotatable bonds is 3. The Labute approximate surface area is 155 Å². The summed E-state index contributed by atoms with van der Waals surface area (Å²) in [4.78, 5) is 25.4. The molecule has 0 aliphatic carbocycles. The Bertz CT molecular complexity index is 1030. The van der Waals surface area contributed by atoms with Gasteiger partial charge in [-0.25, -0.2) is 4.79 Å². The molecule has 1 aromatic heterocycles. The predicted octanol–water partition coefficient (Wildman–Crippen LogP) is 3.92. The van der Waals surface area contributed by atoms with Crippen LogP contribution in [0.3, 0.4) is 0 Å². The van der Waals surface area contributed by atoms with Gasteiger partial charge >= 0.3 is 12.0 Å². The number of benzene rings is 2. The van der Waals surface area contributed by atoms with Crippen LogP contribution in [0.2, 0.25) is 0 Å². The minimum absolute atomic E-state index is 0.205. The second-order valence-electron chi connectivity index (χ2n) is 6.70. The van der Waals surface area contributed by atoms with E-state index in [1.54, 1.807) is 13.2 Å². The number of fused-ring (bicyclic) bond motifs is 3. The number of likely N-dealkylation sites (tertiary alicyclic amines) is 1. The summed E-state index contributed by atoms with van der Waals surface area (Å²) in [7, 11) is 1.54. The van der Waals surface area contributed by atoms with Crippen LogP contribution in [0, 0.1) is 5.92 Å². The summed E-state index contributed by atoms with van der Waals surface area (Å²) >= 11 is 0. The van der Waals surface area contributed by atoms with Crippen molar-refractivity contribution in [3.63, 3.8) is 0 Å². The minimum Gasteiger partial charge on any atom is -0.495 e. The number of piperidine rings is 1. The molecule has 2 heterocycles. The summed E-state index contributed by atoms with van der Waals surface area (Å²) in [6, 6.07) is 10.9. The monoisotopic (exact) mass is 368 g/mol. The maximum Gasteiger partial charge on any atom is 0.321 e. The second-order valence-corrected chi connectivity index (χ2v) is 6.70. The zero-order valence-corrected chi connectivity index (χ0v) is 14.9. The maximum absolute atomic E-state index is 12.6. The van der Waals surface area contributed by atoms with E-state index in [1.165, 1.54) is 4.90 Å². The van der Waals surface area contributed by atoms with Crippen LogP contribution in [-0.4, -0.2) is 42.2 Å². The van der Waals surface area contributed by atoms with Crippen LogP contribution in [0.1, 0.15) is 12.8 Å². The third-order valence-electron chi connectivity index (χ3n) is 5.00. The first kappa shape index (κ1) is 17.2. The Morgan fingerprint density at radius 3 is 2.81 bits per heavy atom. The number of carboxylic acid groups (broad SMARTS) is 1. The Kier molecular flexibility index (Phi) is 4.35. The number of amides is 2. The van der Waals surface area contributed by atoms with Gasteiger partial charge in [0.15, 0.2) is 0 Å². The lowest BCUT2D eigenvalue weighted by Crippen LogP contribution is -2.44. The van der Waals surface area contributed by atoms with Gasteiger partial charge < -0.3 is 24.5 Å². The lowest BCUT2D eigenvalue weighted by atomic mass is 9.99. The number of carboxylic acids is 1. The Hall–Kier alpha value is -3.22. The number of nitrogens with zero attached hydrogens (tertiary/aromatic N) is 1. The quantitative estimate of drug-likeness (QED) is 0.731. The fourth-order valence-corrected chi connectivity index (χ4v) is 3.58. The molecule has 140 valence electrons. The van der Waals surface area contributed by atoms with E-state index in [-0.39, 0.29) is 12.6 Å². The highest BCUT2D eigenvalue weighted by Gasteiger charge is 2.28. The fourth-order valence-electron chi connectivity index (χ4n) is 3.58. The lowest BCUT2D eigenvalue weighted by molar-refractivity contribution is -0.143. The van der Waals surface area contributed by atoms with E-state index in [0.29, 0.717) is 36.4 Å². The number of urea groups is 1. The molecule has 3 aromatic rings. The van der Waals surface area contributed by atoms with E-state index in [9.17, 15) is 14.7 Å². The topological polar surface area (TPSA) is 92.0 Å². The van der Waals surface area contributed by atoms with Crippen LogP contribution in [0.25, 0.3) is 21.9 Å². The van der Waals surface area contributed by atoms with E-state index in [4.69, 9.17) is 9.15 Å². The van der Waals surface area contributed by atoms with Crippen LogP contribution in [-0.2, 0) is 4.79 Å². The van der Waals surface area contributed by atoms with Crippen LogP contribution >= 0.6 is 0 Å². The summed E-state index contributed by atoms with van der Waals surface area (Å²) in [5.74, 6) is -0.868. The van der Waals surface area contributed by atoms with E-state index < -0.39 is 11.9 Å². The van der Waals surface area contributed by atoms with Crippen molar-refractivity contribution in [2.75, 3.05) is 25.5 Å². The summed E-state index contributed by atoms with van der Waals surface area (Å²) < 4.78 is 11.3. The number of furan rings is 1. The number of carbonyl (C=O) groups is 2. The van der Waals surface area contributed by atoms with E-state index in [2.05, 4.69) is 5.32 Å². The number of hydrogen-bond acceptors (Lipinski definition) is 4. The van der Waals surface area contributed by atoms with Crippen molar-refractivity contribution in [2.45, 2.75) is 12.8 Å². The van der Waals surface area contributed by atoms with E-state index in [0.717, 1.165) is 16.4 Å². The molecule has 2 aromatic carbocycles. The molecule has 7 nitrogen and oxygen atoms in total. The SMILES string of the molecule is COc1cc2c(cc1NC(=O)N1CCCC(C(=O)O)C1)oc1ccccc12. The number of methoxy groups -OCH3 is 1. The van der Waals surface area contributed by atoms with Gasteiger partial charge in [0.2, 0.25) is 0 Å². The molecule has 2 amide bonds. The molecule has 1 fully saturated rings. The third-order valence-corrected chi connectivity index (χ3v) is 5.00. The number of aliphatic carboxylic acids is 1. The zero-order chi connectivity index (χ0) is 19.0. The molecule has 2 N–H and O–H groups in total. The molecule has 1 aliphatic rings. The summed E-state index contributed by atoms with van der Waals surface area (Å²) in [5.41, 5.74) is 1.90. The molecule has 4 rings (SSSR count). The Balaban J connectivity index is 1.63. The van der Waals surface area contributed by atoms with Gasteiger partial charge in [-0.2, -0.15) is 0 Å². The van der Waals surface area contributed by atoms with Crippen LogP contribution < -0.4 is 10.1 Å². The summed E-state index contributed by atoms with van der Waals surface area (Å²) in [6.07, 6.45) is 1.26. The molecular weight excluding hydrogens is 348 g/mol. The number of anilines is 1. The standard InChI is InChI=1S/C20H20N2O5/c1-26-18-9-14-13-6-2-3-7-16(13)27-17(14)10-15(18)21-20(25)22-8-4-5-12(11-22)19(23)24/h2-3,6-7,9-10,12H,4-5,8,11H2,1H3,(H,21,25)(H,23,24). The number of ether oxygens (including phenoxy) is 1. The van der Waals surface area contributed by atoms with Crippen molar-refractivity contribution in [1.29, 1.82) is 0 Å². The Morgan fingerprint density at radius 1 is 1.22 bits per heavy atom. The number of hydrogen-bond donors (Lipinski definition) is 2. The molecule has 1 unspecified atom stereocenters. The first-order valence-electron chi connectivity index (χ1n) is 8.85. The highest BCUT2D eigenvalue weighted by atomic mass is 16.5. The van der Waals surface area contributed by atoms with Crippen molar-refractivity contribution in [1.82, 2.24) is 4.90 Å². The van der Waals surface area contributed by atoms with Crippen molar-refractivity contribution in [3.05, 3.63) is 36.4 Å². The first-order valence-corrected chi connectivity index (χ1v) is 8.85. The number of nitrogens with one attached hydrogen (secondary N) is 1. The van der Waals surface area contributed by atoms with Crippen molar-refractivity contribution in [2.24, 2.45) is 5.92 Å². The lowest BCUT2D eigenvalue weighted by Gasteiger charge is -2.30. The molecular formula is C20H20N2O5. The molecule has 0 spiro atoms. The largest absolute Gasteiger partial charge is 0.495 e. The highest BCUT2D eigenvalue weighted by molar-refractivity contribution is 6.07. The smallest absolute Gasteiger partial charge is 0.321 e. The Morgan fingerprint density at radius 2 is 2.04 bits per heavy atom. The van der Waals surface area contributed by atoms with Crippen molar-refractivity contribution in [3.8, 4) is 5.75 Å². The van der Waals surface area contributed by atoms with Gasteiger partial charge in [-0.1, -0.05) is 18.2 Å². The first-order chi connectivity index (χ1) is 13.1. The van der Waals surface area contributed by atoms with Gasteiger partial charge in [-0.3, -0.25) is 4.79 Å². The van der Waals surface area contributed by atoms with E-state index >= 15 is 0 Å². The predicted molar refractivity (Wildman–Crippen MR) is 101 cm³/mol. The van der Waals surface area contributed by atoms with Crippen LogP contribution in [0.15, 0.2) is 40.8 Å². The van der Waals surface area contributed by atoms with Gasteiger partial charge in [0.25, 0.3) is 0 Å². The fraction of sp³-hybridized carbons (Fsp3) is 0.300. The minimum atomic E-state index is -0.867. The molecule has 1 saturated heterocycles. The molecule has 0 radical (unpaired) electrons. The average molecular weight is 368 g/mol. The van der Waals surface area contributed by atoms with Crippen LogP contribution in [0.4, 0.5) is 10.5 Å². The van der Waals surface area contributed by atoms with Gasteiger partial charge in [0.05, 0.1) is 18.7 Å². The molecule has 0 bridgehead atoms. The third kappa shape index (κ3) is 3.16. The van der Waals surface area contributed by atoms with Gasteiger partial charge in [-0.05, 0) is 25.0 Å². The summed E-state index contributed by atoms with van der Waals surface area (Å²) in [5, 5.41) is 13.9. The number of carbonyl (C=O) groups excluding carboxylic acids is 1. The number of para-hydroxylation sites is 1. The second kappa shape index (κ2) is 6.83. The maximum atomic E-state index is 12.6. The highest BCUT2D eigenvalue weighted by Crippen LogP contribution is 2.36. The average Bonchev–Trinajstić information content (AvgIpc) is 3.04. The normalized spacial score (nSPS) is 17.2. The van der Waals surface area contributed by atoms with Crippen molar-refractivity contribution < 1.29 is 23.8 Å². The molecule has 27 heavy (non-hydrogen) atoms. The molecule has 1 aliphatic heterocycles. The molecule has 0 saturated carbocycles. The molecule has 1 atom stereocenters. The van der Waals surface area contributed by atoms with Crippen molar-refractivity contribution >= 4 is 39.6 Å².